The van der Waals surface area contributed by atoms with Crippen LogP contribution in [0.2, 0.25) is 0 Å². The molecule has 5 heteroatoms. The minimum Gasteiger partial charge on any atom is -0.481 e. The quantitative estimate of drug-likeness (QED) is 0.742. The average molecular weight is 242 g/mol. The Labute approximate surface area is 102 Å². The molecule has 1 aliphatic heterocycles. The molecule has 0 spiro atoms. The zero-order valence-corrected chi connectivity index (χ0v) is 10.6. The summed E-state index contributed by atoms with van der Waals surface area (Å²) in [6, 6.07) is 0. The first-order valence-electron chi connectivity index (χ1n) is 6.23. The number of carboxylic acid groups (broad SMARTS) is 1. The SMILES string of the molecule is CCC(CC)(CN)C(=O)N1CCC(C(=O)O)C1. The van der Waals surface area contributed by atoms with Gasteiger partial charge in [-0.2, -0.15) is 0 Å². The largest absolute Gasteiger partial charge is 0.481 e. The predicted molar refractivity (Wildman–Crippen MR) is 64.4 cm³/mol. The van der Waals surface area contributed by atoms with Crippen LogP contribution < -0.4 is 5.73 Å². The van der Waals surface area contributed by atoms with E-state index in [0.717, 1.165) is 0 Å². The fraction of sp³-hybridized carbons (Fsp3) is 0.833. The van der Waals surface area contributed by atoms with Gasteiger partial charge in [-0.15, -0.1) is 0 Å². The van der Waals surface area contributed by atoms with Crippen LogP contribution in [-0.4, -0.2) is 41.5 Å². The number of nitrogens with two attached hydrogens (primary N) is 1. The van der Waals surface area contributed by atoms with E-state index in [1.165, 1.54) is 0 Å². The summed E-state index contributed by atoms with van der Waals surface area (Å²) in [5.41, 5.74) is 5.22. The lowest BCUT2D eigenvalue weighted by atomic mass is 9.81. The summed E-state index contributed by atoms with van der Waals surface area (Å²) in [4.78, 5) is 24.9. The third-order valence-corrected chi connectivity index (χ3v) is 4.02. The molecule has 3 N–H and O–H groups in total. The highest BCUT2D eigenvalue weighted by molar-refractivity contribution is 5.84. The van der Waals surface area contributed by atoms with Crippen molar-refractivity contribution in [1.29, 1.82) is 0 Å². The minimum atomic E-state index is -0.813. The third-order valence-electron chi connectivity index (χ3n) is 4.02. The van der Waals surface area contributed by atoms with Crippen LogP contribution in [0.1, 0.15) is 33.1 Å². The van der Waals surface area contributed by atoms with Gasteiger partial charge >= 0.3 is 5.97 Å². The van der Waals surface area contributed by atoms with E-state index in [-0.39, 0.29) is 5.91 Å². The van der Waals surface area contributed by atoms with Crippen molar-refractivity contribution in [3.05, 3.63) is 0 Å². The maximum atomic E-state index is 12.4. The van der Waals surface area contributed by atoms with E-state index in [4.69, 9.17) is 10.8 Å². The van der Waals surface area contributed by atoms with Gasteiger partial charge in [-0.25, -0.2) is 0 Å². The number of amides is 1. The van der Waals surface area contributed by atoms with Crippen molar-refractivity contribution in [2.24, 2.45) is 17.1 Å². The van der Waals surface area contributed by atoms with Crippen molar-refractivity contribution >= 4 is 11.9 Å². The Balaban J connectivity index is 2.74. The van der Waals surface area contributed by atoms with Gasteiger partial charge in [-0.1, -0.05) is 13.8 Å². The van der Waals surface area contributed by atoms with Crippen LogP contribution >= 0.6 is 0 Å². The molecule has 1 amide bonds. The fourth-order valence-electron chi connectivity index (χ4n) is 2.41. The summed E-state index contributed by atoms with van der Waals surface area (Å²) >= 11 is 0. The maximum Gasteiger partial charge on any atom is 0.308 e. The number of carboxylic acids is 1. The van der Waals surface area contributed by atoms with Crippen molar-refractivity contribution in [3.8, 4) is 0 Å². The van der Waals surface area contributed by atoms with Crippen molar-refractivity contribution in [3.63, 3.8) is 0 Å². The lowest BCUT2D eigenvalue weighted by Crippen LogP contribution is -2.47. The molecule has 0 bridgehead atoms. The summed E-state index contributed by atoms with van der Waals surface area (Å²) in [5, 5.41) is 8.92. The zero-order chi connectivity index (χ0) is 13.1. The summed E-state index contributed by atoms with van der Waals surface area (Å²) < 4.78 is 0. The van der Waals surface area contributed by atoms with Crippen LogP contribution in [-0.2, 0) is 9.59 Å². The molecule has 5 nitrogen and oxygen atoms in total. The van der Waals surface area contributed by atoms with E-state index in [2.05, 4.69) is 0 Å². The number of nitrogens with zero attached hydrogens (tertiary/aromatic N) is 1. The Morgan fingerprint density at radius 2 is 2.00 bits per heavy atom. The molecule has 0 aromatic carbocycles. The molecule has 1 atom stereocenters. The topological polar surface area (TPSA) is 83.6 Å². The average Bonchev–Trinajstić information content (AvgIpc) is 2.81. The molecule has 1 rings (SSSR count). The van der Waals surface area contributed by atoms with Gasteiger partial charge < -0.3 is 15.7 Å². The van der Waals surface area contributed by atoms with Crippen LogP contribution in [0.5, 0.6) is 0 Å². The van der Waals surface area contributed by atoms with Gasteiger partial charge in [0.1, 0.15) is 0 Å². The van der Waals surface area contributed by atoms with Crippen molar-refractivity contribution in [1.82, 2.24) is 4.90 Å². The van der Waals surface area contributed by atoms with E-state index in [1.54, 1.807) is 4.90 Å². The molecule has 1 saturated heterocycles. The van der Waals surface area contributed by atoms with E-state index in [1.807, 2.05) is 13.8 Å². The summed E-state index contributed by atoms with van der Waals surface area (Å²) in [6.07, 6.45) is 1.95. The van der Waals surface area contributed by atoms with Crippen LogP contribution in [0, 0.1) is 11.3 Å². The van der Waals surface area contributed by atoms with Gasteiger partial charge in [-0.3, -0.25) is 9.59 Å². The van der Waals surface area contributed by atoms with E-state index in [9.17, 15) is 9.59 Å². The molecule has 0 aromatic rings. The standard InChI is InChI=1S/C12H22N2O3/c1-3-12(4-2,8-13)11(17)14-6-5-9(7-14)10(15)16/h9H,3-8,13H2,1-2H3,(H,15,16). The second-order valence-electron chi connectivity index (χ2n) is 4.77. The van der Waals surface area contributed by atoms with Crippen molar-refractivity contribution in [2.45, 2.75) is 33.1 Å². The number of carbonyl (C=O) groups excluding carboxylic acids is 1. The van der Waals surface area contributed by atoms with E-state index >= 15 is 0 Å². The molecule has 1 unspecified atom stereocenters. The Hall–Kier alpha value is -1.10. The lowest BCUT2D eigenvalue weighted by molar-refractivity contribution is -0.143. The van der Waals surface area contributed by atoms with Gasteiger partial charge in [0.05, 0.1) is 11.3 Å². The maximum absolute atomic E-state index is 12.4. The van der Waals surface area contributed by atoms with E-state index < -0.39 is 17.3 Å². The molecule has 98 valence electrons. The van der Waals surface area contributed by atoms with Crippen LogP contribution in [0.25, 0.3) is 0 Å². The van der Waals surface area contributed by atoms with Gasteiger partial charge in [0.25, 0.3) is 0 Å². The Morgan fingerprint density at radius 1 is 1.41 bits per heavy atom. The normalized spacial score (nSPS) is 20.6. The monoisotopic (exact) mass is 242 g/mol. The lowest BCUT2D eigenvalue weighted by Gasteiger charge is -2.33. The van der Waals surface area contributed by atoms with Gasteiger partial charge in [0, 0.05) is 19.6 Å². The van der Waals surface area contributed by atoms with Crippen molar-refractivity contribution in [2.75, 3.05) is 19.6 Å². The highest BCUT2D eigenvalue weighted by atomic mass is 16.4. The van der Waals surface area contributed by atoms with Crippen LogP contribution in [0.4, 0.5) is 0 Å². The predicted octanol–water partition coefficient (Wildman–Crippen LogP) is 0.685. The number of carbonyl (C=O) groups is 2. The van der Waals surface area contributed by atoms with Crippen LogP contribution in [0.15, 0.2) is 0 Å². The molecule has 0 aromatic heterocycles. The molecule has 1 fully saturated rings. The molecule has 17 heavy (non-hydrogen) atoms. The molecule has 1 aliphatic rings. The fourth-order valence-corrected chi connectivity index (χ4v) is 2.41. The van der Waals surface area contributed by atoms with Crippen molar-refractivity contribution < 1.29 is 14.7 Å². The number of rotatable bonds is 5. The Bertz CT molecular complexity index is 292. The summed E-state index contributed by atoms with van der Waals surface area (Å²) in [7, 11) is 0. The first kappa shape index (κ1) is 14.0. The zero-order valence-electron chi connectivity index (χ0n) is 10.6. The van der Waals surface area contributed by atoms with E-state index in [0.29, 0.717) is 38.9 Å². The number of hydrogen-bond donors (Lipinski definition) is 2. The van der Waals surface area contributed by atoms with Crippen LogP contribution in [0.3, 0.4) is 0 Å². The highest BCUT2D eigenvalue weighted by Gasteiger charge is 2.40. The number of hydrogen-bond acceptors (Lipinski definition) is 3. The number of aliphatic carboxylic acids is 1. The molecular weight excluding hydrogens is 220 g/mol. The number of likely N-dealkylation sites (tertiary alicyclic amines) is 1. The molecule has 1 heterocycles. The second kappa shape index (κ2) is 5.49. The Morgan fingerprint density at radius 3 is 2.35 bits per heavy atom. The van der Waals surface area contributed by atoms with Gasteiger partial charge in [0.15, 0.2) is 0 Å². The van der Waals surface area contributed by atoms with Gasteiger partial charge in [0.2, 0.25) is 5.91 Å². The first-order valence-corrected chi connectivity index (χ1v) is 6.23. The molecule has 0 aliphatic carbocycles. The van der Waals surface area contributed by atoms with Gasteiger partial charge in [-0.05, 0) is 19.3 Å². The third kappa shape index (κ3) is 2.60. The summed E-state index contributed by atoms with van der Waals surface area (Å²) in [5.74, 6) is -1.21. The molecular formula is C12H22N2O3. The second-order valence-corrected chi connectivity index (χ2v) is 4.77. The summed E-state index contributed by atoms with van der Waals surface area (Å²) in [6.45, 7) is 5.11. The highest BCUT2D eigenvalue weighted by Crippen LogP contribution is 2.30. The molecule has 0 radical (unpaired) electrons. The smallest absolute Gasteiger partial charge is 0.308 e. The molecule has 0 saturated carbocycles. The minimum absolute atomic E-state index is 0.0220. The first-order chi connectivity index (χ1) is 8.00. The Kier molecular flexibility index (Phi) is 4.51.